The van der Waals surface area contributed by atoms with Gasteiger partial charge in [-0.2, -0.15) is 0 Å². The molecule has 1 saturated heterocycles. The Hall–Kier alpha value is -2.57. The number of nitrogens with zero attached hydrogens (tertiary/aromatic N) is 3. The van der Waals surface area contributed by atoms with E-state index in [1.54, 1.807) is 25.6 Å². The van der Waals surface area contributed by atoms with Gasteiger partial charge in [0.15, 0.2) is 20.7 Å². The van der Waals surface area contributed by atoms with Gasteiger partial charge in [-0.15, -0.1) is 0 Å². The zero-order valence-electron chi connectivity index (χ0n) is 21.1. The standard InChI is InChI=1S/C24H35N5O5Si/c1-24(2,3)35(5,6)34-18-16(12-30)33-23(19(18)32-4)29-14-27-17-20(25-13-26-21(17)29)28-22(31)15-10-8-7-9-11-15/h7-11,13-14,16,18-20,23,30H,12H2,1-6H3,(H,25,26)(H,28,31)/t16-,18-,19-,20?,23-/m1/s1. The number of ether oxygens (including phenoxy) is 2. The van der Waals surface area contributed by atoms with Crippen LogP contribution in [0.25, 0.3) is 0 Å². The summed E-state index contributed by atoms with van der Waals surface area (Å²) in [6.45, 7) is 10.6. The van der Waals surface area contributed by atoms with Gasteiger partial charge in [0.2, 0.25) is 0 Å². The predicted octanol–water partition coefficient (Wildman–Crippen LogP) is 3.06. The highest BCUT2D eigenvalue weighted by Crippen LogP contribution is 2.43. The van der Waals surface area contributed by atoms with Crippen molar-refractivity contribution in [3.8, 4) is 0 Å². The summed E-state index contributed by atoms with van der Waals surface area (Å²) in [6.07, 6.45) is 0.442. The van der Waals surface area contributed by atoms with Crippen LogP contribution >= 0.6 is 0 Å². The van der Waals surface area contributed by atoms with E-state index in [4.69, 9.17) is 13.9 Å². The number of aliphatic hydroxyl groups excluding tert-OH is 1. The Morgan fingerprint density at radius 2 is 1.97 bits per heavy atom. The third kappa shape index (κ3) is 4.91. The second-order valence-electron chi connectivity index (χ2n) is 10.3. The Morgan fingerprint density at radius 3 is 2.60 bits per heavy atom. The number of methoxy groups -OCH3 is 1. The van der Waals surface area contributed by atoms with Crippen molar-refractivity contribution in [2.45, 2.75) is 69.6 Å². The Morgan fingerprint density at radius 1 is 1.26 bits per heavy atom. The van der Waals surface area contributed by atoms with Crippen LogP contribution in [0.5, 0.6) is 0 Å². The van der Waals surface area contributed by atoms with Gasteiger partial charge in [0.1, 0.15) is 29.8 Å². The molecule has 0 bridgehead atoms. The van der Waals surface area contributed by atoms with Gasteiger partial charge in [-0.05, 0) is 30.3 Å². The molecule has 0 spiro atoms. The van der Waals surface area contributed by atoms with E-state index in [0.717, 1.165) is 0 Å². The molecule has 1 fully saturated rings. The molecule has 10 nitrogen and oxygen atoms in total. The second kappa shape index (κ2) is 9.82. The molecule has 0 saturated carbocycles. The smallest absolute Gasteiger partial charge is 0.253 e. The highest BCUT2D eigenvalue weighted by atomic mass is 28.4. The molecular weight excluding hydrogens is 466 g/mol. The fourth-order valence-electron chi connectivity index (χ4n) is 4.05. The fraction of sp³-hybridized carbons (Fsp3) is 0.542. The number of benzene rings is 1. The van der Waals surface area contributed by atoms with E-state index in [1.807, 2.05) is 22.8 Å². The maximum absolute atomic E-state index is 12.7. The lowest BCUT2D eigenvalue weighted by Crippen LogP contribution is -2.50. The molecule has 2 aromatic rings. The van der Waals surface area contributed by atoms with Crippen molar-refractivity contribution in [2.24, 2.45) is 4.99 Å². The fourth-order valence-corrected chi connectivity index (χ4v) is 5.37. The summed E-state index contributed by atoms with van der Waals surface area (Å²) in [5, 5.41) is 16.1. The number of aromatic nitrogens is 2. The molecule has 3 N–H and O–H groups in total. The summed E-state index contributed by atoms with van der Waals surface area (Å²) >= 11 is 0. The van der Waals surface area contributed by atoms with Crippen LogP contribution in [0.15, 0.2) is 41.7 Å². The van der Waals surface area contributed by atoms with Crippen LogP contribution < -0.4 is 10.6 Å². The summed E-state index contributed by atoms with van der Waals surface area (Å²) in [6, 6.07) is 8.96. The highest BCUT2D eigenvalue weighted by Gasteiger charge is 2.51. The van der Waals surface area contributed by atoms with Crippen molar-refractivity contribution >= 4 is 26.4 Å². The van der Waals surface area contributed by atoms with Crippen LogP contribution in [0, 0.1) is 0 Å². The van der Waals surface area contributed by atoms with Crippen molar-refractivity contribution in [1.29, 1.82) is 0 Å². The molecule has 0 aliphatic carbocycles. The number of aliphatic imine (C=N–C) groups is 1. The largest absolute Gasteiger partial charge is 0.408 e. The first-order chi connectivity index (χ1) is 16.6. The molecule has 11 heteroatoms. The average Bonchev–Trinajstić information content (AvgIpc) is 3.40. The number of rotatable bonds is 7. The van der Waals surface area contributed by atoms with Crippen LogP contribution in [-0.2, 0) is 13.9 Å². The van der Waals surface area contributed by atoms with E-state index in [2.05, 4.69) is 54.5 Å². The number of aliphatic hydroxyl groups is 1. The minimum atomic E-state index is -2.17. The molecule has 1 aromatic carbocycles. The van der Waals surface area contributed by atoms with E-state index >= 15 is 0 Å². The number of hydrogen-bond donors (Lipinski definition) is 3. The molecule has 2 aliphatic heterocycles. The number of carbonyl (C=O) groups excluding carboxylic acids is 1. The Kier molecular flexibility index (Phi) is 7.16. The van der Waals surface area contributed by atoms with E-state index in [9.17, 15) is 9.90 Å². The van der Waals surface area contributed by atoms with Gasteiger partial charge in [-0.25, -0.2) is 9.98 Å². The number of amides is 1. The zero-order chi connectivity index (χ0) is 25.4. The number of imidazole rings is 1. The van der Waals surface area contributed by atoms with Crippen LogP contribution in [0.3, 0.4) is 0 Å². The first-order valence-electron chi connectivity index (χ1n) is 11.7. The van der Waals surface area contributed by atoms with Crippen molar-refractivity contribution in [3.63, 3.8) is 0 Å². The van der Waals surface area contributed by atoms with E-state index in [0.29, 0.717) is 17.1 Å². The van der Waals surface area contributed by atoms with Crippen molar-refractivity contribution < 1.29 is 23.8 Å². The Bertz CT molecular complexity index is 1070. The van der Waals surface area contributed by atoms with Crippen molar-refractivity contribution in [3.05, 3.63) is 47.9 Å². The summed E-state index contributed by atoms with van der Waals surface area (Å²) < 4.78 is 20.6. The predicted molar refractivity (Wildman–Crippen MR) is 135 cm³/mol. The molecule has 5 atom stereocenters. The van der Waals surface area contributed by atoms with Gasteiger partial charge in [-0.1, -0.05) is 39.0 Å². The lowest BCUT2D eigenvalue weighted by molar-refractivity contribution is -0.0591. The van der Waals surface area contributed by atoms with E-state index in [-0.39, 0.29) is 17.6 Å². The van der Waals surface area contributed by atoms with Crippen LogP contribution in [0.2, 0.25) is 18.1 Å². The molecule has 4 rings (SSSR count). The van der Waals surface area contributed by atoms with Gasteiger partial charge >= 0.3 is 0 Å². The normalized spacial score (nSPS) is 26.3. The monoisotopic (exact) mass is 501 g/mol. The summed E-state index contributed by atoms with van der Waals surface area (Å²) in [5.41, 5.74) is 1.10. The molecule has 1 unspecified atom stereocenters. The molecular formula is C24H35N5O5Si. The molecule has 3 heterocycles. The van der Waals surface area contributed by atoms with Gasteiger partial charge in [0.05, 0.1) is 19.3 Å². The minimum absolute atomic E-state index is 0.0141. The first kappa shape index (κ1) is 25.5. The number of hydrogen-bond acceptors (Lipinski definition) is 8. The molecule has 0 radical (unpaired) electrons. The molecule has 1 amide bonds. The average molecular weight is 502 g/mol. The third-order valence-corrected chi connectivity index (χ3v) is 11.5. The van der Waals surface area contributed by atoms with Crippen LogP contribution in [-0.4, -0.2) is 67.2 Å². The molecule has 2 aliphatic rings. The lowest BCUT2D eigenvalue weighted by Gasteiger charge is -2.40. The summed E-state index contributed by atoms with van der Waals surface area (Å²) in [5.74, 6) is 0.389. The van der Waals surface area contributed by atoms with E-state index < -0.39 is 39.0 Å². The number of carbonyl (C=O) groups is 1. The lowest BCUT2D eigenvalue weighted by atomic mass is 10.1. The van der Waals surface area contributed by atoms with Gasteiger partial charge in [0.25, 0.3) is 5.91 Å². The SMILES string of the molecule is CO[C@@H]1[C@H](O[Si](C)(C)C(C)(C)C)[C@@H](CO)O[C@H]1n1cnc2c1NC=NC2NC(=O)c1ccccc1. The Labute approximate surface area is 206 Å². The molecule has 190 valence electrons. The molecule has 1 aromatic heterocycles. The number of anilines is 1. The highest BCUT2D eigenvalue weighted by molar-refractivity contribution is 6.74. The molecule has 35 heavy (non-hydrogen) atoms. The van der Waals surface area contributed by atoms with Gasteiger partial charge in [0, 0.05) is 12.7 Å². The maximum Gasteiger partial charge on any atom is 0.253 e. The number of nitrogens with one attached hydrogen (secondary N) is 2. The second-order valence-corrected chi connectivity index (χ2v) is 15.1. The third-order valence-electron chi connectivity index (χ3n) is 7.06. The van der Waals surface area contributed by atoms with E-state index in [1.165, 1.54) is 6.34 Å². The quantitative estimate of drug-likeness (QED) is 0.499. The first-order valence-corrected chi connectivity index (χ1v) is 14.7. The van der Waals surface area contributed by atoms with Gasteiger partial charge < -0.3 is 29.6 Å². The topological polar surface area (TPSA) is 119 Å². The summed E-state index contributed by atoms with van der Waals surface area (Å²) in [4.78, 5) is 21.6. The Balaban J connectivity index is 1.59. The van der Waals surface area contributed by atoms with Crippen molar-refractivity contribution in [2.75, 3.05) is 19.0 Å². The van der Waals surface area contributed by atoms with Crippen LogP contribution in [0.4, 0.5) is 5.82 Å². The number of fused-ring (bicyclic) bond motifs is 1. The summed E-state index contributed by atoms with van der Waals surface area (Å²) in [7, 11) is -0.556. The maximum atomic E-state index is 12.7. The van der Waals surface area contributed by atoms with Crippen LogP contribution in [0.1, 0.15) is 49.2 Å². The van der Waals surface area contributed by atoms with Gasteiger partial charge in [-0.3, -0.25) is 9.36 Å². The minimum Gasteiger partial charge on any atom is -0.408 e. The van der Waals surface area contributed by atoms with Crippen molar-refractivity contribution in [1.82, 2.24) is 14.9 Å². The zero-order valence-corrected chi connectivity index (χ0v) is 22.1.